The Morgan fingerprint density at radius 3 is 2.47 bits per heavy atom. The summed E-state index contributed by atoms with van der Waals surface area (Å²) in [5.41, 5.74) is 0. The van der Waals surface area contributed by atoms with Crippen LogP contribution in [0.2, 0.25) is 0 Å². The van der Waals surface area contributed by atoms with Gasteiger partial charge in [-0.2, -0.15) is 0 Å². The Labute approximate surface area is 86.9 Å². The van der Waals surface area contributed by atoms with Crippen molar-refractivity contribution >= 4 is 21.7 Å². The number of hydrogen-bond donors (Lipinski definition) is 1. The van der Waals surface area contributed by atoms with Gasteiger partial charge in [0.2, 0.25) is 5.91 Å². The average molecular weight is 232 g/mol. The quantitative estimate of drug-likeness (QED) is 0.546. The molecule has 0 aromatic rings. The van der Waals surface area contributed by atoms with Gasteiger partial charge in [0.15, 0.2) is 9.84 Å². The Morgan fingerprint density at radius 1 is 1.33 bits per heavy atom. The van der Waals surface area contributed by atoms with E-state index in [1.165, 1.54) is 0 Å². The summed E-state index contributed by atoms with van der Waals surface area (Å²) in [6.07, 6.45) is 1.77. The first kappa shape index (κ1) is 11.7. The summed E-state index contributed by atoms with van der Waals surface area (Å²) in [5.74, 6) is -2.12. The van der Waals surface area contributed by atoms with E-state index in [2.05, 4.69) is 5.32 Å². The standard InChI is InChI=1S/C8H11NO5S/c10-7(1-2-8(11)12)9-6-3-4-15(13,14)5-6/h1-2,6H,3-5H2,(H,9,10)(H,11,12)/p-1/b2-1+/t6-/m0/s1. The number of rotatable bonds is 3. The molecular weight excluding hydrogens is 222 g/mol. The minimum atomic E-state index is -3.04. The van der Waals surface area contributed by atoms with Crippen LogP contribution in [0.1, 0.15) is 6.42 Å². The third-order valence-electron chi connectivity index (χ3n) is 1.95. The molecule has 1 rings (SSSR count). The average Bonchev–Trinajstić information content (AvgIpc) is 2.42. The molecule has 84 valence electrons. The summed E-state index contributed by atoms with van der Waals surface area (Å²) in [5, 5.41) is 12.4. The van der Waals surface area contributed by atoms with Crippen molar-refractivity contribution in [3.8, 4) is 0 Å². The summed E-state index contributed by atoms with van der Waals surface area (Å²) >= 11 is 0. The molecule has 15 heavy (non-hydrogen) atoms. The Kier molecular flexibility index (Phi) is 3.46. The van der Waals surface area contributed by atoms with Crippen molar-refractivity contribution in [2.75, 3.05) is 11.5 Å². The van der Waals surface area contributed by atoms with Gasteiger partial charge in [-0.1, -0.05) is 0 Å². The predicted octanol–water partition coefficient (Wildman–Crippen LogP) is -2.40. The fourth-order valence-corrected chi connectivity index (χ4v) is 2.98. The number of nitrogens with one attached hydrogen (secondary N) is 1. The molecule has 6 nitrogen and oxygen atoms in total. The van der Waals surface area contributed by atoms with E-state index in [-0.39, 0.29) is 11.5 Å². The second kappa shape index (κ2) is 4.43. The van der Waals surface area contributed by atoms with Gasteiger partial charge in [-0.3, -0.25) is 4.79 Å². The van der Waals surface area contributed by atoms with Crippen LogP contribution < -0.4 is 10.4 Å². The molecule has 1 aliphatic heterocycles. The van der Waals surface area contributed by atoms with E-state index in [0.29, 0.717) is 12.5 Å². The monoisotopic (exact) mass is 232 g/mol. The van der Waals surface area contributed by atoms with Crippen LogP contribution in [0.5, 0.6) is 0 Å². The molecule has 1 aliphatic rings. The molecule has 1 amide bonds. The van der Waals surface area contributed by atoms with Crippen molar-refractivity contribution in [2.24, 2.45) is 0 Å². The molecule has 0 aromatic heterocycles. The van der Waals surface area contributed by atoms with Crippen LogP contribution in [-0.2, 0) is 19.4 Å². The third-order valence-corrected chi connectivity index (χ3v) is 3.72. The van der Waals surface area contributed by atoms with Gasteiger partial charge in [-0.15, -0.1) is 0 Å². The number of carbonyl (C=O) groups is 2. The summed E-state index contributed by atoms with van der Waals surface area (Å²) in [4.78, 5) is 21.0. The first-order valence-electron chi connectivity index (χ1n) is 4.29. The van der Waals surface area contributed by atoms with Crippen LogP contribution in [-0.4, -0.2) is 37.8 Å². The van der Waals surface area contributed by atoms with Gasteiger partial charge < -0.3 is 15.2 Å². The van der Waals surface area contributed by atoms with E-state index in [9.17, 15) is 23.1 Å². The number of sulfone groups is 1. The normalized spacial score (nSPS) is 24.1. The maximum atomic E-state index is 11.0. The van der Waals surface area contributed by atoms with Crippen molar-refractivity contribution in [3.63, 3.8) is 0 Å². The minimum Gasteiger partial charge on any atom is -0.545 e. The van der Waals surface area contributed by atoms with E-state index in [0.717, 1.165) is 6.08 Å². The predicted molar refractivity (Wildman–Crippen MR) is 49.3 cm³/mol. The van der Waals surface area contributed by atoms with Gasteiger partial charge >= 0.3 is 0 Å². The lowest BCUT2D eigenvalue weighted by Crippen LogP contribution is -2.34. The first-order valence-corrected chi connectivity index (χ1v) is 6.11. The molecule has 1 heterocycles. The molecule has 0 unspecified atom stereocenters. The molecule has 0 saturated carbocycles. The highest BCUT2D eigenvalue weighted by Gasteiger charge is 2.28. The minimum absolute atomic E-state index is 0.0577. The molecule has 7 heteroatoms. The van der Waals surface area contributed by atoms with Crippen molar-refractivity contribution in [3.05, 3.63) is 12.2 Å². The van der Waals surface area contributed by atoms with Crippen molar-refractivity contribution in [1.82, 2.24) is 5.32 Å². The van der Waals surface area contributed by atoms with Crippen LogP contribution in [0, 0.1) is 0 Å². The Bertz CT molecular complexity index is 397. The fraction of sp³-hybridized carbons (Fsp3) is 0.500. The van der Waals surface area contributed by atoms with E-state index >= 15 is 0 Å². The molecule has 1 N–H and O–H groups in total. The second-order valence-corrected chi connectivity index (χ2v) is 5.49. The van der Waals surface area contributed by atoms with Crippen molar-refractivity contribution < 1.29 is 23.1 Å². The molecule has 1 atom stereocenters. The van der Waals surface area contributed by atoms with E-state index in [1.807, 2.05) is 0 Å². The number of carbonyl (C=O) groups excluding carboxylic acids is 2. The van der Waals surface area contributed by atoms with Crippen LogP contribution in [0.15, 0.2) is 12.2 Å². The molecule has 0 spiro atoms. The zero-order valence-electron chi connectivity index (χ0n) is 7.80. The maximum Gasteiger partial charge on any atom is 0.244 e. The topological polar surface area (TPSA) is 103 Å². The van der Waals surface area contributed by atoms with Gasteiger partial charge in [0.25, 0.3) is 0 Å². The van der Waals surface area contributed by atoms with E-state index in [4.69, 9.17) is 0 Å². The Hall–Kier alpha value is -1.37. The van der Waals surface area contributed by atoms with Crippen molar-refractivity contribution in [1.29, 1.82) is 0 Å². The van der Waals surface area contributed by atoms with Gasteiger partial charge in [0.1, 0.15) is 0 Å². The number of aliphatic carboxylic acids is 1. The van der Waals surface area contributed by atoms with Crippen LogP contribution in [0.3, 0.4) is 0 Å². The highest BCUT2D eigenvalue weighted by atomic mass is 32.2. The van der Waals surface area contributed by atoms with Crippen LogP contribution >= 0.6 is 0 Å². The van der Waals surface area contributed by atoms with Crippen LogP contribution in [0.25, 0.3) is 0 Å². The fourth-order valence-electron chi connectivity index (χ4n) is 1.30. The summed E-state index contributed by atoms with van der Waals surface area (Å²) in [7, 11) is -3.04. The summed E-state index contributed by atoms with van der Waals surface area (Å²) in [6.45, 7) is 0. The van der Waals surface area contributed by atoms with Crippen molar-refractivity contribution in [2.45, 2.75) is 12.5 Å². The van der Waals surface area contributed by atoms with E-state index in [1.54, 1.807) is 0 Å². The zero-order chi connectivity index (χ0) is 11.5. The lowest BCUT2D eigenvalue weighted by Gasteiger charge is -2.07. The highest BCUT2D eigenvalue weighted by molar-refractivity contribution is 7.91. The Morgan fingerprint density at radius 2 is 2.00 bits per heavy atom. The maximum absolute atomic E-state index is 11.0. The zero-order valence-corrected chi connectivity index (χ0v) is 8.62. The number of hydrogen-bond acceptors (Lipinski definition) is 5. The molecular formula is C8H10NO5S-. The highest BCUT2D eigenvalue weighted by Crippen LogP contribution is 2.10. The third kappa shape index (κ3) is 4.11. The molecule has 1 fully saturated rings. The van der Waals surface area contributed by atoms with Gasteiger partial charge in [-0.05, 0) is 12.5 Å². The Balaban J connectivity index is 2.44. The largest absolute Gasteiger partial charge is 0.545 e. The summed E-state index contributed by atoms with van der Waals surface area (Å²) < 4.78 is 22.0. The lowest BCUT2D eigenvalue weighted by molar-refractivity contribution is -0.297. The number of carboxylic acids is 1. The summed E-state index contributed by atoms with van der Waals surface area (Å²) in [6, 6.07) is -0.422. The molecule has 0 radical (unpaired) electrons. The molecule has 0 bridgehead atoms. The SMILES string of the molecule is O=C([O-])/C=C/C(=O)N[C@H]1CCS(=O)(=O)C1. The molecule has 0 aliphatic carbocycles. The van der Waals surface area contributed by atoms with Gasteiger partial charge in [-0.25, -0.2) is 8.42 Å². The number of amides is 1. The van der Waals surface area contributed by atoms with Gasteiger partial charge in [0, 0.05) is 12.1 Å². The molecule has 0 aromatic carbocycles. The first-order chi connectivity index (χ1) is 6.89. The van der Waals surface area contributed by atoms with E-state index < -0.39 is 27.8 Å². The lowest BCUT2D eigenvalue weighted by atomic mass is 10.2. The van der Waals surface area contributed by atoms with Crippen LogP contribution in [0.4, 0.5) is 0 Å². The number of carboxylic acid groups (broad SMARTS) is 1. The molecule has 1 saturated heterocycles. The smallest absolute Gasteiger partial charge is 0.244 e. The second-order valence-electron chi connectivity index (χ2n) is 3.26. The van der Waals surface area contributed by atoms with Gasteiger partial charge in [0.05, 0.1) is 17.5 Å².